The molecule has 1 amide bonds. The zero-order chi connectivity index (χ0) is 14.5. The van der Waals surface area contributed by atoms with Gasteiger partial charge in [-0.3, -0.25) is 4.79 Å². The van der Waals surface area contributed by atoms with Crippen molar-refractivity contribution >= 4 is 39.1 Å². The molecule has 20 heavy (non-hydrogen) atoms. The number of rotatable bonds is 4. The molecule has 0 aliphatic rings. The van der Waals surface area contributed by atoms with E-state index in [2.05, 4.69) is 26.5 Å². The van der Waals surface area contributed by atoms with Gasteiger partial charge in [0.2, 0.25) is 0 Å². The number of halogens is 2. The molecule has 0 saturated heterocycles. The molecule has 0 atom stereocenters. The molecule has 0 radical (unpaired) electrons. The van der Waals surface area contributed by atoms with E-state index in [4.69, 9.17) is 16.0 Å². The number of hydrogen-bond donors (Lipinski definition) is 1. The maximum Gasteiger partial charge on any atom is 0.307 e. The van der Waals surface area contributed by atoms with Gasteiger partial charge in [0, 0.05) is 5.02 Å². The van der Waals surface area contributed by atoms with E-state index >= 15 is 0 Å². The third-order valence-electron chi connectivity index (χ3n) is 2.58. The van der Waals surface area contributed by atoms with E-state index < -0.39 is 5.91 Å². The van der Waals surface area contributed by atoms with Crippen molar-refractivity contribution in [1.29, 1.82) is 0 Å². The smallest absolute Gasteiger partial charge is 0.307 e. The minimum Gasteiger partial charge on any atom is -0.444 e. The maximum absolute atomic E-state index is 11.8. The van der Waals surface area contributed by atoms with Gasteiger partial charge in [-0.2, -0.15) is 5.10 Å². The Morgan fingerprint density at radius 1 is 1.40 bits per heavy atom. The molecule has 104 valence electrons. The minimum atomic E-state index is -0.399. The monoisotopic (exact) mass is 354 g/mol. The lowest BCUT2D eigenvalue weighted by Crippen LogP contribution is -2.19. The summed E-state index contributed by atoms with van der Waals surface area (Å²) < 4.78 is 5.65. The predicted octanol–water partition coefficient (Wildman–Crippen LogP) is 4.24. The summed E-state index contributed by atoms with van der Waals surface area (Å²) in [4.78, 5) is 11.8. The predicted molar refractivity (Wildman–Crippen MR) is 82.2 cm³/mol. The van der Waals surface area contributed by atoms with Crippen molar-refractivity contribution in [2.45, 2.75) is 13.3 Å². The number of benzene rings is 1. The summed E-state index contributed by atoms with van der Waals surface area (Å²) in [5.74, 6) is -0.203. The van der Waals surface area contributed by atoms with Gasteiger partial charge in [-0.15, -0.1) is 0 Å². The molecule has 4 nitrogen and oxygen atoms in total. The molecule has 1 N–H and O–H groups in total. The Morgan fingerprint density at radius 3 is 2.80 bits per heavy atom. The van der Waals surface area contributed by atoms with Crippen LogP contribution in [-0.2, 0) is 0 Å². The lowest BCUT2D eigenvalue weighted by molar-refractivity contribution is 0.0926. The van der Waals surface area contributed by atoms with Crippen LogP contribution in [0.25, 0.3) is 0 Å². The normalized spacial score (nSPS) is 11.4. The number of hydrogen-bond acceptors (Lipinski definition) is 3. The molecule has 2 aromatic rings. The first-order chi connectivity index (χ1) is 9.60. The van der Waals surface area contributed by atoms with Gasteiger partial charge in [-0.05, 0) is 52.2 Å². The average Bonchev–Trinajstić information content (AvgIpc) is 2.86. The molecule has 1 aromatic carbocycles. The van der Waals surface area contributed by atoms with Crippen LogP contribution in [0, 0.1) is 0 Å². The van der Waals surface area contributed by atoms with E-state index in [9.17, 15) is 4.79 Å². The first kappa shape index (κ1) is 14.8. The van der Waals surface area contributed by atoms with Crippen LogP contribution in [0.15, 0.2) is 50.6 Å². The summed E-state index contributed by atoms with van der Waals surface area (Å²) in [7, 11) is 0. The van der Waals surface area contributed by atoms with Gasteiger partial charge in [0.1, 0.15) is 0 Å². The number of amides is 1. The minimum absolute atomic E-state index is 0.196. The van der Waals surface area contributed by atoms with Crippen LogP contribution in [0.3, 0.4) is 0 Å². The molecule has 1 aromatic heterocycles. The highest BCUT2D eigenvalue weighted by atomic mass is 79.9. The highest BCUT2D eigenvalue weighted by molar-refractivity contribution is 9.10. The Bertz CT molecular complexity index is 652. The first-order valence-electron chi connectivity index (χ1n) is 5.98. The number of hydrazone groups is 1. The summed E-state index contributed by atoms with van der Waals surface area (Å²) in [5.41, 5.74) is 4.09. The number of carbonyl (C=O) groups is 1. The number of carbonyl (C=O) groups excluding carboxylic acids is 1. The van der Waals surface area contributed by atoms with Gasteiger partial charge < -0.3 is 4.42 Å². The first-order valence-corrected chi connectivity index (χ1v) is 7.15. The van der Waals surface area contributed by atoms with Crippen LogP contribution < -0.4 is 5.43 Å². The van der Waals surface area contributed by atoms with Crippen molar-refractivity contribution in [2.24, 2.45) is 5.10 Å². The summed E-state index contributed by atoms with van der Waals surface area (Å²) in [6.07, 6.45) is 0.669. The number of nitrogens with zero attached hydrogens (tertiary/aromatic N) is 1. The summed E-state index contributed by atoms with van der Waals surface area (Å²) in [5, 5.41) is 4.75. The molecular formula is C14H12BrClN2O2. The van der Waals surface area contributed by atoms with Crippen LogP contribution >= 0.6 is 27.5 Å². The second-order valence-electron chi connectivity index (χ2n) is 3.97. The van der Waals surface area contributed by atoms with E-state index in [1.807, 2.05) is 19.1 Å². The lowest BCUT2D eigenvalue weighted by atomic mass is 10.1. The second kappa shape index (κ2) is 6.72. The zero-order valence-corrected chi connectivity index (χ0v) is 13.0. The third-order valence-corrected chi connectivity index (χ3v) is 3.24. The maximum atomic E-state index is 11.8. The van der Waals surface area contributed by atoms with Crippen molar-refractivity contribution in [2.75, 3.05) is 0 Å². The van der Waals surface area contributed by atoms with Gasteiger partial charge in [0.05, 0.1) is 5.71 Å². The quantitative estimate of drug-likeness (QED) is 0.659. The average molecular weight is 356 g/mol. The molecule has 0 fully saturated rings. The highest BCUT2D eigenvalue weighted by Gasteiger charge is 2.10. The van der Waals surface area contributed by atoms with Gasteiger partial charge in [0.15, 0.2) is 10.4 Å². The molecule has 0 saturated carbocycles. The Morgan fingerprint density at radius 2 is 2.20 bits per heavy atom. The van der Waals surface area contributed by atoms with Crippen LogP contribution in [-0.4, -0.2) is 11.6 Å². The van der Waals surface area contributed by atoms with Crippen molar-refractivity contribution in [3.05, 3.63) is 57.4 Å². The number of furan rings is 1. The summed E-state index contributed by atoms with van der Waals surface area (Å²) >= 11 is 9.09. The highest BCUT2D eigenvalue weighted by Crippen LogP contribution is 2.14. The van der Waals surface area contributed by atoms with Crippen LogP contribution in [0.2, 0.25) is 5.02 Å². The molecule has 0 spiro atoms. The zero-order valence-electron chi connectivity index (χ0n) is 10.7. The lowest BCUT2D eigenvalue weighted by Gasteiger charge is -2.04. The van der Waals surface area contributed by atoms with E-state index in [1.165, 1.54) is 0 Å². The van der Waals surface area contributed by atoms with Gasteiger partial charge in [-0.1, -0.05) is 30.7 Å². The van der Waals surface area contributed by atoms with Crippen molar-refractivity contribution in [1.82, 2.24) is 5.43 Å². The summed E-state index contributed by atoms with van der Waals surface area (Å²) in [6, 6.07) is 10.5. The van der Waals surface area contributed by atoms with Crippen molar-refractivity contribution in [3.63, 3.8) is 0 Å². The van der Waals surface area contributed by atoms with Crippen LogP contribution in [0.5, 0.6) is 0 Å². The van der Waals surface area contributed by atoms with E-state index in [-0.39, 0.29) is 5.76 Å². The largest absolute Gasteiger partial charge is 0.444 e. The van der Waals surface area contributed by atoms with Gasteiger partial charge >= 0.3 is 5.91 Å². The van der Waals surface area contributed by atoms with E-state index in [0.29, 0.717) is 16.1 Å². The van der Waals surface area contributed by atoms with E-state index in [1.54, 1.807) is 24.3 Å². The van der Waals surface area contributed by atoms with Crippen molar-refractivity contribution in [3.8, 4) is 0 Å². The van der Waals surface area contributed by atoms with Crippen LogP contribution in [0.1, 0.15) is 29.5 Å². The van der Waals surface area contributed by atoms with Crippen molar-refractivity contribution < 1.29 is 9.21 Å². The fourth-order valence-electron chi connectivity index (χ4n) is 1.63. The van der Waals surface area contributed by atoms with Gasteiger partial charge in [-0.25, -0.2) is 5.43 Å². The third kappa shape index (κ3) is 3.71. The summed E-state index contributed by atoms with van der Waals surface area (Å²) in [6.45, 7) is 1.95. The second-order valence-corrected chi connectivity index (χ2v) is 5.19. The molecule has 2 rings (SSSR count). The molecule has 0 aliphatic heterocycles. The molecule has 1 heterocycles. The SMILES string of the molecule is CC/C(=N\NC(=O)c1ccc(Br)o1)c1cccc(Cl)c1. The molecular weight excluding hydrogens is 344 g/mol. The van der Waals surface area contributed by atoms with Crippen LogP contribution in [0.4, 0.5) is 0 Å². The Hall–Kier alpha value is -1.59. The Labute approximate surface area is 129 Å². The molecule has 0 aliphatic carbocycles. The number of nitrogens with one attached hydrogen (secondary N) is 1. The van der Waals surface area contributed by atoms with E-state index in [0.717, 1.165) is 11.3 Å². The topological polar surface area (TPSA) is 54.6 Å². The fraction of sp³-hybridized carbons (Fsp3) is 0.143. The Balaban J connectivity index is 2.14. The standard InChI is InChI=1S/C14H12BrClN2O2/c1-2-11(9-4-3-5-10(16)8-9)17-18-14(19)12-6-7-13(15)20-12/h3-8H,2H2,1H3,(H,18,19)/b17-11+. The van der Waals surface area contributed by atoms with Gasteiger partial charge in [0.25, 0.3) is 0 Å². The molecule has 0 bridgehead atoms. The Kier molecular flexibility index (Phi) is 4.98. The molecule has 6 heteroatoms. The molecule has 0 unspecified atom stereocenters. The fourth-order valence-corrected chi connectivity index (χ4v) is 2.12.